The van der Waals surface area contributed by atoms with Gasteiger partial charge in [0.05, 0.1) is 18.0 Å². The molecule has 1 atom stereocenters. The van der Waals surface area contributed by atoms with Crippen molar-refractivity contribution in [2.45, 2.75) is 18.9 Å². The van der Waals surface area contributed by atoms with Crippen molar-refractivity contribution in [1.82, 2.24) is 5.32 Å². The van der Waals surface area contributed by atoms with Gasteiger partial charge >= 0.3 is 0 Å². The van der Waals surface area contributed by atoms with Gasteiger partial charge in [-0.05, 0) is 37.6 Å². The first-order valence-corrected chi connectivity index (χ1v) is 8.06. The standard InChI is InChI=1S/C12H16FN3O3S/c1-20(18,19)16-11-7-8(4-5-9(11)13)15-12(17)10-3-2-6-14-10/h4-5,7,10,14,16H,2-3,6H2,1H3,(H,15,17)/t10-/m1/s1. The molecule has 3 N–H and O–H groups in total. The van der Waals surface area contributed by atoms with Gasteiger partial charge in [-0.15, -0.1) is 0 Å². The van der Waals surface area contributed by atoms with E-state index in [-0.39, 0.29) is 17.6 Å². The number of nitrogens with one attached hydrogen (secondary N) is 3. The molecule has 0 radical (unpaired) electrons. The summed E-state index contributed by atoms with van der Waals surface area (Å²) in [5.74, 6) is -0.910. The van der Waals surface area contributed by atoms with Gasteiger partial charge in [0.2, 0.25) is 15.9 Å². The van der Waals surface area contributed by atoms with Crippen LogP contribution >= 0.6 is 0 Å². The van der Waals surface area contributed by atoms with Gasteiger partial charge in [-0.25, -0.2) is 12.8 Å². The maximum absolute atomic E-state index is 13.5. The number of carbonyl (C=O) groups is 1. The van der Waals surface area contributed by atoms with Crippen molar-refractivity contribution < 1.29 is 17.6 Å². The predicted octanol–water partition coefficient (Wildman–Crippen LogP) is 0.888. The lowest BCUT2D eigenvalue weighted by Gasteiger charge is -2.12. The van der Waals surface area contributed by atoms with Gasteiger partial charge in [-0.2, -0.15) is 0 Å². The Morgan fingerprint density at radius 1 is 1.45 bits per heavy atom. The molecule has 110 valence electrons. The first-order valence-electron chi connectivity index (χ1n) is 6.17. The molecule has 1 aliphatic rings. The fraction of sp³-hybridized carbons (Fsp3) is 0.417. The summed E-state index contributed by atoms with van der Waals surface area (Å²) in [7, 11) is -3.58. The van der Waals surface area contributed by atoms with Crippen molar-refractivity contribution in [3.8, 4) is 0 Å². The molecule has 1 aliphatic heterocycles. The molecule has 1 heterocycles. The third-order valence-corrected chi connectivity index (χ3v) is 3.50. The van der Waals surface area contributed by atoms with Gasteiger partial charge in [0, 0.05) is 5.69 Å². The molecular weight excluding hydrogens is 285 g/mol. The molecule has 0 bridgehead atoms. The number of hydrogen-bond acceptors (Lipinski definition) is 4. The van der Waals surface area contributed by atoms with E-state index in [9.17, 15) is 17.6 Å². The smallest absolute Gasteiger partial charge is 0.241 e. The van der Waals surface area contributed by atoms with Gasteiger partial charge in [-0.3, -0.25) is 9.52 Å². The van der Waals surface area contributed by atoms with E-state index in [4.69, 9.17) is 0 Å². The van der Waals surface area contributed by atoms with Gasteiger partial charge in [0.1, 0.15) is 5.82 Å². The second-order valence-electron chi connectivity index (χ2n) is 4.71. The van der Waals surface area contributed by atoms with Crippen molar-refractivity contribution in [3.05, 3.63) is 24.0 Å². The lowest BCUT2D eigenvalue weighted by molar-refractivity contribution is -0.117. The average Bonchev–Trinajstić information content (AvgIpc) is 2.85. The molecule has 1 saturated heterocycles. The number of hydrogen-bond donors (Lipinski definition) is 3. The summed E-state index contributed by atoms with van der Waals surface area (Å²) in [5, 5.41) is 5.68. The molecule has 1 aromatic carbocycles. The summed E-state index contributed by atoms with van der Waals surface area (Å²) in [6.07, 6.45) is 2.62. The van der Waals surface area contributed by atoms with Crippen molar-refractivity contribution in [3.63, 3.8) is 0 Å². The Balaban J connectivity index is 2.12. The van der Waals surface area contributed by atoms with Crippen LogP contribution in [0.25, 0.3) is 0 Å². The molecule has 0 unspecified atom stereocenters. The van der Waals surface area contributed by atoms with Crippen LogP contribution in [0.1, 0.15) is 12.8 Å². The summed E-state index contributed by atoms with van der Waals surface area (Å²) < 4.78 is 37.8. The summed E-state index contributed by atoms with van der Waals surface area (Å²) in [5.41, 5.74) is 0.154. The van der Waals surface area contributed by atoms with Crippen LogP contribution in [0, 0.1) is 5.82 Å². The molecule has 2 rings (SSSR count). The fourth-order valence-corrected chi connectivity index (χ4v) is 2.57. The summed E-state index contributed by atoms with van der Waals surface area (Å²) in [6.45, 7) is 0.794. The zero-order chi connectivity index (χ0) is 14.8. The van der Waals surface area contributed by atoms with E-state index in [2.05, 4.69) is 15.4 Å². The third kappa shape index (κ3) is 3.91. The van der Waals surface area contributed by atoms with E-state index in [1.165, 1.54) is 12.1 Å². The van der Waals surface area contributed by atoms with Crippen LogP contribution in [0.3, 0.4) is 0 Å². The minimum absolute atomic E-state index is 0.190. The second kappa shape index (κ2) is 5.76. The molecule has 1 fully saturated rings. The topological polar surface area (TPSA) is 87.3 Å². The molecule has 1 aromatic rings. The number of anilines is 2. The SMILES string of the molecule is CS(=O)(=O)Nc1cc(NC(=O)[C@H]2CCCN2)ccc1F. The predicted molar refractivity (Wildman–Crippen MR) is 74.5 cm³/mol. The third-order valence-electron chi connectivity index (χ3n) is 2.91. The van der Waals surface area contributed by atoms with E-state index in [1.54, 1.807) is 0 Å². The molecule has 0 aliphatic carbocycles. The largest absolute Gasteiger partial charge is 0.325 e. The van der Waals surface area contributed by atoms with Crippen LogP contribution in [0.5, 0.6) is 0 Å². The first-order chi connectivity index (χ1) is 9.35. The summed E-state index contributed by atoms with van der Waals surface area (Å²) in [6, 6.07) is 3.48. The van der Waals surface area contributed by atoms with Gasteiger partial charge < -0.3 is 10.6 Å². The molecular formula is C12H16FN3O3S. The maximum atomic E-state index is 13.5. The molecule has 1 amide bonds. The number of rotatable bonds is 4. The Morgan fingerprint density at radius 2 is 2.20 bits per heavy atom. The minimum atomic E-state index is -3.58. The molecule has 0 saturated carbocycles. The number of amides is 1. The Bertz CT molecular complexity index is 612. The van der Waals surface area contributed by atoms with Crippen LogP contribution < -0.4 is 15.4 Å². The quantitative estimate of drug-likeness (QED) is 0.770. The number of benzene rings is 1. The lowest BCUT2D eigenvalue weighted by Crippen LogP contribution is -2.35. The van der Waals surface area contributed by atoms with Crippen molar-refractivity contribution in [2.75, 3.05) is 22.8 Å². The number of halogens is 1. The zero-order valence-electron chi connectivity index (χ0n) is 10.9. The average molecular weight is 301 g/mol. The van der Waals surface area contributed by atoms with Crippen molar-refractivity contribution >= 4 is 27.3 Å². The Kier molecular flexibility index (Phi) is 4.24. The highest BCUT2D eigenvalue weighted by Gasteiger charge is 2.22. The highest BCUT2D eigenvalue weighted by Crippen LogP contribution is 2.21. The van der Waals surface area contributed by atoms with E-state index < -0.39 is 15.8 Å². The highest BCUT2D eigenvalue weighted by molar-refractivity contribution is 7.92. The highest BCUT2D eigenvalue weighted by atomic mass is 32.2. The Hall–Kier alpha value is -1.67. The van der Waals surface area contributed by atoms with Gasteiger partial charge in [-0.1, -0.05) is 0 Å². The zero-order valence-corrected chi connectivity index (χ0v) is 11.8. The van der Waals surface area contributed by atoms with Crippen LogP contribution in [-0.4, -0.2) is 33.2 Å². The van der Waals surface area contributed by atoms with Gasteiger partial charge in [0.25, 0.3) is 0 Å². The van der Waals surface area contributed by atoms with E-state index in [1.807, 2.05) is 0 Å². The second-order valence-corrected chi connectivity index (χ2v) is 6.46. The van der Waals surface area contributed by atoms with Crippen molar-refractivity contribution in [1.29, 1.82) is 0 Å². The van der Waals surface area contributed by atoms with Crippen LogP contribution in [-0.2, 0) is 14.8 Å². The summed E-state index contributed by atoms with van der Waals surface area (Å²) >= 11 is 0. The van der Waals surface area contributed by atoms with Crippen molar-refractivity contribution in [2.24, 2.45) is 0 Å². The molecule has 0 aromatic heterocycles. The molecule has 8 heteroatoms. The monoisotopic (exact) mass is 301 g/mol. The normalized spacial score (nSPS) is 18.8. The molecule has 0 spiro atoms. The van der Waals surface area contributed by atoms with E-state index >= 15 is 0 Å². The van der Waals surface area contributed by atoms with Gasteiger partial charge in [0.15, 0.2) is 0 Å². The van der Waals surface area contributed by atoms with Crippen LogP contribution in [0.2, 0.25) is 0 Å². The van der Waals surface area contributed by atoms with E-state index in [0.717, 1.165) is 31.7 Å². The molecule has 6 nitrogen and oxygen atoms in total. The molecule has 20 heavy (non-hydrogen) atoms. The fourth-order valence-electron chi connectivity index (χ4n) is 2.02. The number of sulfonamides is 1. The van der Waals surface area contributed by atoms with Crippen LogP contribution in [0.4, 0.5) is 15.8 Å². The Morgan fingerprint density at radius 3 is 2.80 bits per heavy atom. The van der Waals surface area contributed by atoms with E-state index in [0.29, 0.717) is 5.69 Å². The number of carbonyl (C=O) groups excluding carboxylic acids is 1. The Labute approximate surface area is 116 Å². The van der Waals surface area contributed by atoms with Crippen LogP contribution in [0.15, 0.2) is 18.2 Å². The summed E-state index contributed by atoms with van der Waals surface area (Å²) in [4.78, 5) is 11.9. The lowest BCUT2D eigenvalue weighted by atomic mass is 10.2. The first kappa shape index (κ1) is 14.7. The minimum Gasteiger partial charge on any atom is -0.325 e. The maximum Gasteiger partial charge on any atom is 0.241 e.